The van der Waals surface area contributed by atoms with Crippen molar-refractivity contribution in [2.75, 3.05) is 0 Å². The molecule has 0 aliphatic rings. The molecule has 1 heterocycles. The Morgan fingerprint density at radius 3 is 1.88 bits per heavy atom. The van der Waals surface area contributed by atoms with E-state index < -0.39 is 6.04 Å². The fourth-order valence-electron chi connectivity index (χ4n) is 6.21. The minimum Gasteiger partial charge on any atom is -0.296 e. The lowest BCUT2D eigenvalue weighted by Gasteiger charge is -2.18. The van der Waals surface area contributed by atoms with Crippen LogP contribution in [-0.4, -0.2) is 9.55 Å². The van der Waals surface area contributed by atoms with Gasteiger partial charge >= 0.3 is 0 Å². The Balaban J connectivity index is 1.37. The third kappa shape index (κ3) is 3.76. The van der Waals surface area contributed by atoms with Crippen molar-refractivity contribution in [3.05, 3.63) is 145 Å². The fraction of sp³-hybridized carbons (Fsp3) is 0.0513. The van der Waals surface area contributed by atoms with Crippen LogP contribution < -0.4 is 0 Å². The summed E-state index contributed by atoms with van der Waals surface area (Å²) in [5.41, 5.74) is 6.11. The van der Waals surface area contributed by atoms with Gasteiger partial charge in [0, 0.05) is 12.1 Å². The van der Waals surface area contributed by atoms with Gasteiger partial charge in [0.05, 0.1) is 17.9 Å². The maximum atomic E-state index is 8.79. The number of nitrogens with zero attached hydrogens (tertiary/aromatic N) is 2. The van der Waals surface area contributed by atoms with Gasteiger partial charge in [-0.15, -0.1) is 0 Å². The molecule has 0 aliphatic carbocycles. The zero-order valence-electron chi connectivity index (χ0n) is 27.5. The Labute approximate surface area is 246 Å². The fourth-order valence-corrected chi connectivity index (χ4v) is 6.21. The van der Waals surface area contributed by atoms with Gasteiger partial charge in [-0.25, -0.2) is 4.98 Å². The second-order valence-electron chi connectivity index (χ2n) is 10.3. The number of aromatic nitrogens is 2. The van der Waals surface area contributed by atoms with Gasteiger partial charge in [0.25, 0.3) is 0 Å². The summed E-state index contributed by atoms with van der Waals surface area (Å²) in [6.45, 7) is 2.13. The van der Waals surface area contributed by atoms with Crippen LogP contribution >= 0.6 is 0 Å². The normalized spacial score (nSPS) is 13.3. The molecule has 2 nitrogen and oxygen atoms in total. The molecule has 0 unspecified atom stereocenters. The summed E-state index contributed by atoms with van der Waals surface area (Å²) in [6, 6.07) is 35.7. The first kappa shape index (κ1) is 19.0. The molecule has 0 fully saturated rings. The number of hydrogen-bond donors (Lipinski definition) is 0. The van der Waals surface area contributed by atoms with Crippen molar-refractivity contribution in [3.8, 4) is 27.9 Å². The zero-order chi connectivity index (χ0) is 31.7. The minimum atomic E-state index is -0.393. The Bertz CT molecular complexity index is 2450. The van der Waals surface area contributed by atoms with E-state index in [2.05, 4.69) is 72.2 Å². The first-order valence-corrected chi connectivity index (χ1v) is 13.9. The average Bonchev–Trinajstić information content (AvgIpc) is 3.48. The largest absolute Gasteiger partial charge is 0.296 e. The number of aryl methyl sites for hydroxylation is 1. The molecule has 8 rings (SSSR count). The van der Waals surface area contributed by atoms with Crippen LogP contribution in [0, 0.1) is 0 Å². The van der Waals surface area contributed by atoms with Crippen LogP contribution in [0.1, 0.15) is 19.6 Å². The van der Waals surface area contributed by atoms with E-state index in [-0.39, 0.29) is 29.7 Å². The summed E-state index contributed by atoms with van der Waals surface area (Å²) in [5, 5.41) is 5.80. The van der Waals surface area contributed by atoms with Crippen LogP contribution in [-0.2, 0) is 6.42 Å². The van der Waals surface area contributed by atoms with Gasteiger partial charge in [0.15, 0.2) is 0 Å². The molecule has 0 saturated carbocycles. The van der Waals surface area contributed by atoms with Crippen LogP contribution in [0.5, 0.6) is 0 Å². The molecule has 41 heavy (non-hydrogen) atoms. The van der Waals surface area contributed by atoms with Crippen molar-refractivity contribution in [1.29, 1.82) is 0 Å². The molecule has 1 aromatic heterocycles. The number of rotatable bonds is 4. The monoisotopic (exact) mass is 529 g/mol. The van der Waals surface area contributed by atoms with E-state index in [0.717, 1.165) is 72.4 Å². The van der Waals surface area contributed by atoms with Gasteiger partial charge in [-0.2, -0.15) is 0 Å². The molecule has 7 aromatic carbocycles. The van der Waals surface area contributed by atoms with E-state index in [1.165, 1.54) is 0 Å². The highest BCUT2D eigenvalue weighted by atomic mass is 15.1. The third-order valence-electron chi connectivity index (χ3n) is 8.00. The Hall–Kier alpha value is -5.21. The number of fused-ring (bicyclic) bond motifs is 4. The van der Waals surface area contributed by atoms with Gasteiger partial charge in [0.1, 0.15) is 5.82 Å². The molecule has 0 N–H and O–H groups in total. The lowest BCUT2D eigenvalue weighted by molar-refractivity contribution is 0.909. The van der Waals surface area contributed by atoms with E-state index in [0.29, 0.717) is 5.56 Å². The minimum absolute atomic E-state index is 0.201. The lowest BCUT2D eigenvalue weighted by atomic mass is 9.85. The van der Waals surface area contributed by atoms with E-state index in [4.69, 9.17) is 11.8 Å². The van der Waals surface area contributed by atoms with Gasteiger partial charge in [-0.05, 0) is 84.9 Å². The summed E-state index contributed by atoms with van der Waals surface area (Å²) in [4.78, 5) is 4.86. The third-order valence-corrected chi connectivity index (χ3v) is 8.00. The molecule has 194 valence electrons. The van der Waals surface area contributed by atoms with Crippen molar-refractivity contribution in [2.24, 2.45) is 0 Å². The van der Waals surface area contributed by atoms with E-state index in [9.17, 15) is 0 Å². The highest BCUT2D eigenvalue weighted by Gasteiger charge is 2.17. The number of benzene rings is 7. The summed E-state index contributed by atoms with van der Waals surface area (Å²) in [6.07, 6.45) is 0.824. The van der Waals surface area contributed by atoms with Crippen molar-refractivity contribution in [2.45, 2.75) is 13.3 Å². The molecule has 0 amide bonds. The first-order chi connectivity index (χ1) is 22.4. The van der Waals surface area contributed by atoms with E-state index >= 15 is 0 Å². The van der Waals surface area contributed by atoms with E-state index in [1.807, 2.05) is 48.5 Å². The number of imidazole rings is 1. The Morgan fingerprint density at radius 2 is 1.20 bits per heavy atom. The van der Waals surface area contributed by atoms with Gasteiger partial charge in [-0.3, -0.25) is 4.57 Å². The van der Waals surface area contributed by atoms with Crippen LogP contribution in [0.4, 0.5) is 0 Å². The molecule has 0 bridgehead atoms. The Kier molecular flexibility index (Phi) is 4.38. The summed E-state index contributed by atoms with van der Waals surface area (Å²) in [5.74, 6) is 1.02. The topological polar surface area (TPSA) is 17.8 Å². The highest BCUT2D eigenvalue weighted by Crippen LogP contribution is 2.44. The SMILES string of the molecule is [2H]c1c([2H])c([2H])c(-c2c3ccccc3c(-c3ccc4cc(-n5c(CC)nc6ccccc65)ccc4c3)c3ccccc23)c([2H])c1[2H]. The summed E-state index contributed by atoms with van der Waals surface area (Å²) >= 11 is 0. The molecule has 8 aromatic rings. The molecular formula is C39H28N2. The van der Waals surface area contributed by atoms with Crippen molar-refractivity contribution < 1.29 is 6.85 Å². The maximum Gasteiger partial charge on any atom is 0.114 e. The predicted molar refractivity (Wildman–Crippen MR) is 174 cm³/mol. The van der Waals surface area contributed by atoms with Crippen molar-refractivity contribution >= 4 is 43.4 Å². The highest BCUT2D eigenvalue weighted by molar-refractivity contribution is 6.21. The van der Waals surface area contributed by atoms with Crippen molar-refractivity contribution in [3.63, 3.8) is 0 Å². The molecule has 0 radical (unpaired) electrons. The lowest BCUT2D eigenvalue weighted by Crippen LogP contribution is -2.00. The average molecular weight is 530 g/mol. The smallest absolute Gasteiger partial charge is 0.114 e. The maximum absolute atomic E-state index is 8.79. The number of hydrogen-bond acceptors (Lipinski definition) is 1. The molecule has 0 atom stereocenters. The van der Waals surface area contributed by atoms with Crippen LogP contribution in [0.25, 0.3) is 71.3 Å². The molecule has 0 aliphatic heterocycles. The second kappa shape index (κ2) is 9.46. The summed E-state index contributed by atoms with van der Waals surface area (Å²) < 4.78 is 44.7. The van der Waals surface area contributed by atoms with Crippen molar-refractivity contribution in [1.82, 2.24) is 9.55 Å². The van der Waals surface area contributed by atoms with Crippen LogP contribution in [0.2, 0.25) is 0 Å². The van der Waals surface area contributed by atoms with Crippen LogP contribution in [0.15, 0.2) is 139 Å². The molecule has 0 saturated heterocycles. The number of para-hydroxylation sites is 2. The predicted octanol–water partition coefficient (Wildman–Crippen LogP) is 10.4. The molecule has 2 heteroatoms. The van der Waals surface area contributed by atoms with Gasteiger partial charge in [0.2, 0.25) is 0 Å². The quantitative estimate of drug-likeness (QED) is 0.207. The standard InChI is InChI=1S/C39H28N2/c1-2-37-40-35-18-10-11-19-36(35)41(37)30-23-22-27-24-29(21-20-28(27)25-30)39-33-16-8-6-14-31(33)38(26-12-4-3-5-13-26)32-15-7-9-17-34(32)39/h3-25H,2H2,1H3/i3D,4D,5D,12D,13D. The molecule has 0 spiro atoms. The molecular weight excluding hydrogens is 496 g/mol. The first-order valence-electron chi connectivity index (χ1n) is 16.4. The van der Waals surface area contributed by atoms with Gasteiger partial charge < -0.3 is 0 Å². The summed E-state index contributed by atoms with van der Waals surface area (Å²) in [7, 11) is 0. The Morgan fingerprint density at radius 1 is 0.610 bits per heavy atom. The van der Waals surface area contributed by atoms with E-state index in [1.54, 1.807) is 0 Å². The van der Waals surface area contributed by atoms with Gasteiger partial charge in [-0.1, -0.05) is 116 Å². The van der Waals surface area contributed by atoms with Crippen LogP contribution in [0.3, 0.4) is 0 Å². The zero-order valence-corrected chi connectivity index (χ0v) is 22.5. The second-order valence-corrected chi connectivity index (χ2v) is 10.3.